The number of hydrogen-bond acceptors (Lipinski definition) is 4. The fourth-order valence-electron chi connectivity index (χ4n) is 1.89. The molecule has 1 aliphatic heterocycles. The highest BCUT2D eigenvalue weighted by Gasteiger charge is 2.32. The molecular formula is C14H20N2O4. The maximum atomic E-state index is 11.5. The molecule has 1 saturated heterocycles. The first-order valence-corrected chi connectivity index (χ1v) is 6.68. The van der Waals surface area contributed by atoms with E-state index in [0.29, 0.717) is 26.2 Å². The van der Waals surface area contributed by atoms with Crippen molar-refractivity contribution in [1.29, 1.82) is 0 Å². The Morgan fingerprint density at radius 1 is 1.35 bits per heavy atom. The molecule has 1 aromatic rings. The van der Waals surface area contributed by atoms with E-state index in [1.54, 1.807) is 0 Å². The van der Waals surface area contributed by atoms with Crippen molar-refractivity contribution < 1.29 is 19.4 Å². The summed E-state index contributed by atoms with van der Waals surface area (Å²) < 4.78 is 10.5. The first-order chi connectivity index (χ1) is 9.68. The number of benzene rings is 1. The highest BCUT2D eigenvalue weighted by Crippen LogP contribution is 2.16. The normalized spacial score (nSPS) is 21.4. The topological polar surface area (TPSA) is 79.8 Å². The van der Waals surface area contributed by atoms with E-state index < -0.39 is 5.60 Å². The molecule has 6 nitrogen and oxygen atoms in total. The molecule has 0 aliphatic carbocycles. The van der Waals surface area contributed by atoms with Gasteiger partial charge in [0.2, 0.25) is 0 Å². The quantitative estimate of drug-likeness (QED) is 0.664. The third kappa shape index (κ3) is 4.71. The Balaban J connectivity index is 1.56. The summed E-state index contributed by atoms with van der Waals surface area (Å²) in [6, 6.07) is 9.09. The van der Waals surface area contributed by atoms with Gasteiger partial charge in [0.1, 0.15) is 18.0 Å². The van der Waals surface area contributed by atoms with Gasteiger partial charge in [-0.1, -0.05) is 18.2 Å². The van der Waals surface area contributed by atoms with Crippen LogP contribution in [0.5, 0.6) is 5.75 Å². The smallest absolute Gasteiger partial charge is 0.315 e. The van der Waals surface area contributed by atoms with Crippen LogP contribution in [0.3, 0.4) is 0 Å². The highest BCUT2D eigenvalue weighted by atomic mass is 16.5. The number of urea groups is 1. The summed E-state index contributed by atoms with van der Waals surface area (Å²) in [5.74, 6) is 0.770. The van der Waals surface area contributed by atoms with Gasteiger partial charge < -0.3 is 25.2 Å². The molecule has 2 amide bonds. The maximum Gasteiger partial charge on any atom is 0.315 e. The predicted molar refractivity (Wildman–Crippen MR) is 73.7 cm³/mol. The van der Waals surface area contributed by atoms with Crippen molar-refractivity contribution in [2.24, 2.45) is 0 Å². The number of carbonyl (C=O) groups is 1. The molecule has 2 rings (SSSR count). The minimum Gasteiger partial charge on any atom is -0.492 e. The SMILES string of the molecule is O=C(NCCOc1ccccc1)NCC1(O)CCOC1. The second-order valence-corrected chi connectivity index (χ2v) is 4.80. The van der Waals surface area contributed by atoms with E-state index in [-0.39, 0.29) is 19.2 Å². The zero-order chi connectivity index (χ0) is 14.3. The Hall–Kier alpha value is -1.79. The van der Waals surface area contributed by atoms with Gasteiger partial charge in [-0.25, -0.2) is 4.79 Å². The number of nitrogens with one attached hydrogen (secondary N) is 2. The van der Waals surface area contributed by atoms with Gasteiger partial charge in [-0.05, 0) is 12.1 Å². The Morgan fingerprint density at radius 3 is 2.85 bits per heavy atom. The molecule has 1 heterocycles. The van der Waals surface area contributed by atoms with Crippen LogP contribution >= 0.6 is 0 Å². The molecule has 1 fully saturated rings. The predicted octanol–water partition coefficient (Wildman–Crippen LogP) is 0.516. The Morgan fingerprint density at radius 2 is 2.15 bits per heavy atom. The zero-order valence-electron chi connectivity index (χ0n) is 11.3. The summed E-state index contributed by atoms with van der Waals surface area (Å²) in [6.45, 7) is 1.79. The van der Waals surface area contributed by atoms with Crippen molar-refractivity contribution >= 4 is 6.03 Å². The van der Waals surface area contributed by atoms with Crippen LogP contribution in [0, 0.1) is 0 Å². The van der Waals surface area contributed by atoms with Crippen molar-refractivity contribution in [2.45, 2.75) is 12.0 Å². The first-order valence-electron chi connectivity index (χ1n) is 6.68. The third-order valence-electron chi connectivity index (χ3n) is 3.06. The van der Waals surface area contributed by atoms with Crippen LogP contribution in [0.4, 0.5) is 4.79 Å². The van der Waals surface area contributed by atoms with Crippen molar-refractivity contribution in [1.82, 2.24) is 10.6 Å². The summed E-state index contributed by atoms with van der Waals surface area (Å²) in [5.41, 5.74) is -0.933. The molecule has 1 aliphatic rings. The third-order valence-corrected chi connectivity index (χ3v) is 3.06. The average molecular weight is 280 g/mol. The molecule has 20 heavy (non-hydrogen) atoms. The Bertz CT molecular complexity index is 418. The van der Waals surface area contributed by atoms with Gasteiger partial charge in [0, 0.05) is 13.0 Å². The number of rotatable bonds is 6. The number of aliphatic hydroxyl groups is 1. The lowest BCUT2D eigenvalue weighted by Gasteiger charge is -2.20. The molecule has 0 radical (unpaired) electrons. The molecule has 0 saturated carbocycles. The summed E-state index contributed by atoms with van der Waals surface area (Å²) in [6.07, 6.45) is 0.546. The van der Waals surface area contributed by atoms with E-state index >= 15 is 0 Å². The second-order valence-electron chi connectivity index (χ2n) is 4.80. The molecule has 110 valence electrons. The van der Waals surface area contributed by atoms with E-state index in [2.05, 4.69) is 10.6 Å². The van der Waals surface area contributed by atoms with Crippen LogP contribution in [0.1, 0.15) is 6.42 Å². The van der Waals surface area contributed by atoms with Crippen LogP contribution in [-0.4, -0.2) is 49.6 Å². The molecule has 1 aromatic carbocycles. The Labute approximate surface area is 118 Å². The van der Waals surface area contributed by atoms with Crippen molar-refractivity contribution in [3.8, 4) is 5.75 Å². The molecule has 3 N–H and O–H groups in total. The highest BCUT2D eigenvalue weighted by molar-refractivity contribution is 5.73. The van der Waals surface area contributed by atoms with Crippen LogP contribution < -0.4 is 15.4 Å². The molecule has 0 spiro atoms. The van der Waals surface area contributed by atoms with E-state index in [9.17, 15) is 9.90 Å². The summed E-state index contributed by atoms with van der Waals surface area (Å²) >= 11 is 0. The minimum atomic E-state index is -0.933. The molecule has 0 bridgehead atoms. The standard InChI is InChI=1S/C14H20N2O4/c17-13(16-10-14(18)6-8-19-11-14)15-7-9-20-12-4-2-1-3-5-12/h1-5,18H,6-11H2,(H2,15,16,17). The van der Waals surface area contributed by atoms with Gasteiger partial charge in [0.15, 0.2) is 0 Å². The molecular weight excluding hydrogens is 260 g/mol. The molecule has 1 atom stereocenters. The van der Waals surface area contributed by atoms with Crippen LogP contribution in [0.25, 0.3) is 0 Å². The zero-order valence-corrected chi connectivity index (χ0v) is 11.3. The number of carbonyl (C=O) groups excluding carboxylic acids is 1. The molecule has 0 aromatic heterocycles. The number of amides is 2. The van der Waals surface area contributed by atoms with E-state index in [0.717, 1.165) is 5.75 Å². The lowest BCUT2D eigenvalue weighted by atomic mass is 10.0. The minimum absolute atomic E-state index is 0.193. The van der Waals surface area contributed by atoms with Gasteiger partial charge in [0.25, 0.3) is 0 Å². The fourth-order valence-corrected chi connectivity index (χ4v) is 1.89. The molecule has 6 heteroatoms. The van der Waals surface area contributed by atoms with Gasteiger partial charge in [-0.15, -0.1) is 0 Å². The van der Waals surface area contributed by atoms with Gasteiger partial charge in [-0.2, -0.15) is 0 Å². The van der Waals surface area contributed by atoms with E-state index in [1.807, 2.05) is 30.3 Å². The van der Waals surface area contributed by atoms with Crippen LogP contribution in [0.2, 0.25) is 0 Å². The summed E-state index contributed by atoms with van der Waals surface area (Å²) in [5, 5.41) is 15.3. The monoisotopic (exact) mass is 280 g/mol. The number of ether oxygens (including phenoxy) is 2. The summed E-state index contributed by atoms with van der Waals surface area (Å²) in [7, 11) is 0. The van der Waals surface area contributed by atoms with E-state index in [4.69, 9.17) is 9.47 Å². The lowest BCUT2D eigenvalue weighted by molar-refractivity contribution is 0.0291. The maximum absolute atomic E-state index is 11.5. The van der Waals surface area contributed by atoms with Crippen molar-refractivity contribution in [2.75, 3.05) is 32.9 Å². The Kier molecular flexibility index (Phi) is 5.20. The van der Waals surface area contributed by atoms with Gasteiger partial charge in [-0.3, -0.25) is 0 Å². The van der Waals surface area contributed by atoms with Gasteiger partial charge in [0.05, 0.1) is 19.7 Å². The number of para-hydroxylation sites is 1. The van der Waals surface area contributed by atoms with E-state index in [1.165, 1.54) is 0 Å². The van der Waals surface area contributed by atoms with Crippen LogP contribution in [-0.2, 0) is 4.74 Å². The first kappa shape index (κ1) is 14.6. The second kappa shape index (κ2) is 7.12. The lowest BCUT2D eigenvalue weighted by Crippen LogP contribution is -2.47. The number of hydrogen-bond donors (Lipinski definition) is 3. The van der Waals surface area contributed by atoms with Gasteiger partial charge >= 0.3 is 6.03 Å². The summed E-state index contributed by atoms with van der Waals surface area (Å²) in [4.78, 5) is 11.5. The van der Waals surface area contributed by atoms with Crippen molar-refractivity contribution in [3.05, 3.63) is 30.3 Å². The van der Waals surface area contributed by atoms with Crippen LogP contribution in [0.15, 0.2) is 30.3 Å². The van der Waals surface area contributed by atoms with Crippen molar-refractivity contribution in [3.63, 3.8) is 0 Å². The largest absolute Gasteiger partial charge is 0.492 e. The fraction of sp³-hybridized carbons (Fsp3) is 0.500. The average Bonchev–Trinajstić information content (AvgIpc) is 2.90. The molecule has 1 unspecified atom stereocenters.